The third-order valence-electron chi connectivity index (χ3n) is 2.71. The van der Waals surface area contributed by atoms with Crippen molar-refractivity contribution < 1.29 is 12.8 Å². The lowest BCUT2D eigenvalue weighted by atomic mass is 10.2. The van der Waals surface area contributed by atoms with Gasteiger partial charge in [-0.3, -0.25) is 9.40 Å². The Balaban J connectivity index is 2.42. The van der Waals surface area contributed by atoms with Crippen LogP contribution in [0.25, 0.3) is 0 Å². The molecule has 21 heavy (non-hydrogen) atoms. The minimum atomic E-state index is -4.01. The maximum atomic E-state index is 13.0. The van der Waals surface area contributed by atoms with Crippen LogP contribution in [-0.2, 0) is 16.6 Å². The van der Waals surface area contributed by atoms with Gasteiger partial charge in [-0.1, -0.05) is 0 Å². The van der Waals surface area contributed by atoms with Crippen molar-refractivity contribution in [3.63, 3.8) is 0 Å². The number of nitrogens with two attached hydrogens (primary N) is 1. The molecule has 0 aliphatic rings. The van der Waals surface area contributed by atoms with Gasteiger partial charge in [-0.15, -0.1) is 0 Å². The van der Waals surface area contributed by atoms with E-state index in [2.05, 4.69) is 9.82 Å². The lowest BCUT2D eigenvalue weighted by Gasteiger charge is -2.08. The largest absolute Gasteiger partial charge is 0.381 e. The molecule has 1 heterocycles. The summed E-state index contributed by atoms with van der Waals surface area (Å²) in [6, 6.07) is 4.89. The molecule has 0 saturated carbocycles. The molecule has 0 aliphatic heterocycles. The van der Waals surface area contributed by atoms with Gasteiger partial charge in [0.05, 0.1) is 11.3 Å². The van der Waals surface area contributed by atoms with Gasteiger partial charge in [0.25, 0.3) is 10.0 Å². The Morgan fingerprint density at radius 1 is 1.52 bits per heavy atom. The fraction of sp³-hybridized carbons (Fsp3) is 0.167. The zero-order valence-electron chi connectivity index (χ0n) is 11.0. The molecule has 110 valence electrons. The van der Waals surface area contributed by atoms with Crippen molar-refractivity contribution in [2.24, 2.45) is 0 Å². The molecule has 0 atom stereocenters. The van der Waals surface area contributed by atoms with E-state index in [-0.39, 0.29) is 22.0 Å². The number of nitrogens with one attached hydrogen (secondary N) is 1. The third-order valence-corrected chi connectivity index (χ3v) is 4.10. The van der Waals surface area contributed by atoms with Crippen LogP contribution in [0.1, 0.15) is 12.5 Å². The molecule has 0 fully saturated rings. The number of halogens is 1. The van der Waals surface area contributed by atoms with Crippen LogP contribution in [0.4, 0.5) is 15.9 Å². The van der Waals surface area contributed by atoms with Crippen LogP contribution in [0.2, 0.25) is 0 Å². The number of nitrogen functional groups attached to an aromatic ring is 1. The Morgan fingerprint density at radius 2 is 2.24 bits per heavy atom. The summed E-state index contributed by atoms with van der Waals surface area (Å²) >= 11 is 0. The highest BCUT2D eigenvalue weighted by atomic mass is 32.2. The number of aryl methyl sites for hydroxylation is 1. The molecule has 0 amide bonds. The Labute approximate surface area is 120 Å². The molecule has 2 rings (SSSR count). The Morgan fingerprint density at radius 3 is 2.81 bits per heavy atom. The zero-order chi connectivity index (χ0) is 15.6. The lowest BCUT2D eigenvalue weighted by molar-refractivity contribution is 0.600. The first-order chi connectivity index (χ1) is 9.87. The van der Waals surface area contributed by atoms with Gasteiger partial charge in [-0.2, -0.15) is 10.4 Å². The van der Waals surface area contributed by atoms with Crippen molar-refractivity contribution in [2.45, 2.75) is 18.4 Å². The average Bonchev–Trinajstić information content (AvgIpc) is 2.82. The monoisotopic (exact) mass is 309 g/mol. The van der Waals surface area contributed by atoms with E-state index in [4.69, 9.17) is 11.0 Å². The highest BCUT2D eigenvalue weighted by molar-refractivity contribution is 7.92. The number of rotatable bonds is 4. The van der Waals surface area contributed by atoms with E-state index in [1.165, 1.54) is 16.9 Å². The Bertz CT molecular complexity index is 823. The maximum absolute atomic E-state index is 13.0. The lowest BCUT2D eigenvalue weighted by Crippen LogP contribution is -2.14. The first kappa shape index (κ1) is 14.8. The van der Waals surface area contributed by atoms with Gasteiger partial charge in [-0.25, -0.2) is 12.8 Å². The van der Waals surface area contributed by atoms with E-state index < -0.39 is 15.8 Å². The van der Waals surface area contributed by atoms with E-state index in [0.29, 0.717) is 6.54 Å². The number of aromatic nitrogens is 2. The molecule has 1 aromatic heterocycles. The quantitative estimate of drug-likeness (QED) is 0.883. The number of anilines is 2. The second-order valence-electron chi connectivity index (χ2n) is 4.14. The van der Waals surface area contributed by atoms with Gasteiger partial charge < -0.3 is 5.73 Å². The molecule has 0 spiro atoms. The molecule has 0 radical (unpaired) electrons. The van der Waals surface area contributed by atoms with Crippen molar-refractivity contribution in [3.05, 3.63) is 35.8 Å². The number of sulfonamides is 1. The van der Waals surface area contributed by atoms with Crippen LogP contribution in [0.3, 0.4) is 0 Å². The molecule has 2 aromatic rings. The standard InChI is InChI=1S/C12H12FN5O2S/c1-2-18-7-11(12(15)16-18)21(19,20)17-10-4-3-9(13)5-8(10)6-14/h3-5,7,17H,2H2,1H3,(H2,15,16). The van der Waals surface area contributed by atoms with Gasteiger partial charge in [0.2, 0.25) is 0 Å². The zero-order valence-corrected chi connectivity index (χ0v) is 11.9. The summed E-state index contributed by atoms with van der Waals surface area (Å²) in [4.78, 5) is -0.197. The van der Waals surface area contributed by atoms with Crippen molar-refractivity contribution in [3.8, 4) is 6.07 Å². The number of nitriles is 1. The van der Waals surface area contributed by atoms with Crippen molar-refractivity contribution in [1.29, 1.82) is 5.26 Å². The van der Waals surface area contributed by atoms with Crippen molar-refractivity contribution >= 4 is 21.5 Å². The van der Waals surface area contributed by atoms with Crippen molar-refractivity contribution in [2.75, 3.05) is 10.5 Å². The molecular weight excluding hydrogens is 297 g/mol. The van der Waals surface area contributed by atoms with E-state index >= 15 is 0 Å². The fourth-order valence-corrected chi connectivity index (χ4v) is 2.84. The van der Waals surface area contributed by atoms with Gasteiger partial charge in [-0.05, 0) is 25.1 Å². The maximum Gasteiger partial charge on any atom is 0.267 e. The van der Waals surface area contributed by atoms with Crippen LogP contribution in [0.5, 0.6) is 0 Å². The highest BCUT2D eigenvalue weighted by Crippen LogP contribution is 2.23. The van der Waals surface area contributed by atoms with Crippen LogP contribution in [0, 0.1) is 17.1 Å². The molecule has 7 nitrogen and oxygen atoms in total. The van der Waals surface area contributed by atoms with Crippen LogP contribution in [0.15, 0.2) is 29.3 Å². The van der Waals surface area contributed by atoms with Gasteiger partial charge in [0, 0.05) is 12.7 Å². The molecule has 0 unspecified atom stereocenters. The van der Waals surface area contributed by atoms with Crippen LogP contribution < -0.4 is 10.5 Å². The summed E-state index contributed by atoms with van der Waals surface area (Å²) in [5.74, 6) is -0.780. The van der Waals surface area contributed by atoms with Crippen LogP contribution >= 0.6 is 0 Å². The second-order valence-corrected chi connectivity index (χ2v) is 5.79. The molecule has 0 saturated heterocycles. The second kappa shape index (κ2) is 5.41. The van der Waals surface area contributed by atoms with Crippen LogP contribution in [-0.4, -0.2) is 18.2 Å². The van der Waals surface area contributed by atoms with Gasteiger partial charge in [0.15, 0.2) is 5.82 Å². The highest BCUT2D eigenvalue weighted by Gasteiger charge is 2.22. The van der Waals surface area contributed by atoms with Gasteiger partial charge >= 0.3 is 0 Å². The average molecular weight is 309 g/mol. The number of nitrogens with zero attached hydrogens (tertiary/aromatic N) is 3. The Kier molecular flexibility index (Phi) is 3.82. The van der Waals surface area contributed by atoms with E-state index in [1.807, 2.05) is 0 Å². The number of hydrogen-bond acceptors (Lipinski definition) is 5. The summed E-state index contributed by atoms with van der Waals surface area (Å²) in [7, 11) is -4.01. The van der Waals surface area contributed by atoms with E-state index in [0.717, 1.165) is 12.1 Å². The summed E-state index contributed by atoms with van der Waals surface area (Å²) in [5, 5.41) is 12.8. The smallest absolute Gasteiger partial charge is 0.267 e. The normalized spacial score (nSPS) is 11.1. The first-order valence-corrected chi connectivity index (χ1v) is 7.41. The summed E-state index contributed by atoms with van der Waals surface area (Å²) in [6.45, 7) is 2.24. The number of hydrogen-bond donors (Lipinski definition) is 2. The molecule has 0 bridgehead atoms. The topological polar surface area (TPSA) is 114 Å². The summed E-state index contributed by atoms with van der Waals surface area (Å²) in [5.41, 5.74) is 5.42. The predicted octanol–water partition coefficient (Wildman–Crippen LogP) is 1.30. The van der Waals surface area contributed by atoms with E-state index in [9.17, 15) is 12.8 Å². The van der Waals surface area contributed by atoms with Gasteiger partial charge in [0.1, 0.15) is 16.8 Å². The number of benzene rings is 1. The summed E-state index contributed by atoms with van der Waals surface area (Å²) < 4.78 is 41.1. The predicted molar refractivity (Wildman–Crippen MR) is 74.2 cm³/mol. The Hall–Kier alpha value is -2.60. The summed E-state index contributed by atoms with van der Waals surface area (Å²) in [6.07, 6.45) is 1.28. The SMILES string of the molecule is CCn1cc(S(=O)(=O)Nc2ccc(F)cc2C#N)c(N)n1. The first-order valence-electron chi connectivity index (χ1n) is 5.92. The molecular formula is C12H12FN5O2S. The molecule has 3 N–H and O–H groups in total. The fourth-order valence-electron chi connectivity index (χ4n) is 1.68. The minimum absolute atomic E-state index is 0.0254. The molecule has 9 heteroatoms. The minimum Gasteiger partial charge on any atom is -0.381 e. The van der Waals surface area contributed by atoms with Crippen molar-refractivity contribution in [1.82, 2.24) is 9.78 Å². The van der Waals surface area contributed by atoms with E-state index in [1.54, 1.807) is 13.0 Å². The third kappa shape index (κ3) is 2.95. The molecule has 0 aliphatic carbocycles. The molecule has 1 aromatic carbocycles.